The summed E-state index contributed by atoms with van der Waals surface area (Å²) in [6.45, 7) is 2.08. The number of Topliss-reactive ketones (excluding diaryl/α,β-unsaturated/α-hetero) is 1. The van der Waals surface area contributed by atoms with Gasteiger partial charge in [0.15, 0.2) is 5.78 Å². The summed E-state index contributed by atoms with van der Waals surface area (Å²) in [5, 5.41) is 2.54. The molecule has 3 heteroatoms. The minimum Gasteiger partial charge on any atom is -0.359 e. The van der Waals surface area contributed by atoms with Gasteiger partial charge in [-0.3, -0.25) is 9.59 Å². The van der Waals surface area contributed by atoms with Crippen LogP contribution >= 0.6 is 0 Å². The molecule has 1 aromatic carbocycles. The van der Waals surface area contributed by atoms with Crippen LogP contribution in [-0.2, 0) is 11.2 Å². The molecule has 0 aliphatic rings. The van der Waals surface area contributed by atoms with Gasteiger partial charge in [-0.05, 0) is 18.4 Å². The Kier molecular flexibility index (Phi) is 5.40. The molecular weight excluding hydrogens is 214 g/mol. The largest absolute Gasteiger partial charge is 0.359 e. The molecule has 1 N–H and O–H groups in total. The fraction of sp³-hybridized carbons (Fsp3) is 0.429. The lowest BCUT2D eigenvalue weighted by Crippen LogP contribution is -2.17. The normalized spacial score (nSPS) is 10.0. The van der Waals surface area contributed by atoms with Crippen LogP contribution in [0.2, 0.25) is 0 Å². The second kappa shape index (κ2) is 6.84. The molecule has 0 bridgehead atoms. The highest BCUT2D eigenvalue weighted by Crippen LogP contribution is 2.09. The molecule has 1 amide bonds. The first-order chi connectivity index (χ1) is 8.17. The number of carbonyl (C=O) groups excluding carboxylic acids is 2. The minimum absolute atomic E-state index is 0.0147. The third kappa shape index (κ3) is 4.39. The maximum atomic E-state index is 11.8. The summed E-state index contributed by atoms with van der Waals surface area (Å²) in [5.41, 5.74) is 1.96. The zero-order chi connectivity index (χ0) is 12.7. The molecule has 0 aliphatic carbocycles. The number of carbonyl (C=O) groups is 2. The quantitative estimate of drug-likeness (QED) is 0.767. The second-order valence-electron chi connectivity index (χ2n) is 4.00. The number of benzene rings is 1. The van der Waals surface area contributed by atoms with E-state index >= 15 is 0 Å². The van der Waals surface area contributed by atoms with E-state index in [-0.39, 0.29) is 11.7 Å². The van der Waals surface area contributed by atoms with E-state index in [1.54, 1.807) is 7.05 Å². The molecule has 0 aliphatic heterocycles. The predicted octanol–water partition coefficient (Wildman–Crippen LogP) is 2.35. The molecular formula is C14H19NO2. The SMILES string of the molecule is CCc1ccc(C(=O)CCCC(=O)NC)cc1. The maximum absolute atomic E-state index is 11.8. The Balaban J connectivity index is 2.44. The van der Waals surface area contributed by atoms with Gasteiger partial charge in [-0.25, -0.2) is 0 Å². The highest BCUT2D eigenvalue weighted by molar-refractivity contribution is 5.96. The summed E-state index contributed by atoms with van der Waals surface area (Å²) in [5.74, 6) is 0.0932. The van der Waals surface area contributed by atoms with Crippen LogP contribution in [0.25, 0.3) is 0 Å². The molecule has 1 aromatic rings. The van der Waals surface area contributed by atoms with Gasteiger partial charge in [0.2, 0.25) is 5.91 Å². The topological polar surface area (TPSA) is 46.2 Å². The molecule has 0 spiro atoms. The van der Waals surface area contributed by atoms with E-state index in [9.17, 15) is 9.59 Å². The smallest absolute Gasteiger partial charge is 0.219 e. The summed E-state index contributed by atoms with van der Waals surface area (Å²) in [6, 6.07) is 7.68. The van der Waals surface area contributed by atoms with E-state index in [0.717, 1.165) is 12.0 Å². The van der Waals surface area contributed by atoms with Gasteiger partial charge >= 0.3 is 0 Å². The van der Waals surface area contributed by atoms with Gasteiger partial charge in [0.05, 0.1) is 0 Å². The van der Waals surface area contributed by atoms with Crippen LogP contribution in [0.5, 0.6) is 0 Å². The number of amides is 1. The van der Waals surface area contributed by atoms with Gasteiger partial charge in [0.25, 0.3) is 0 Å². The number of ketones is 1. The predicted molar refractivity (Wildman–Crippen MR) is 68.1 cm³/mol. The lowest BCUT2D eigenvalue weighted by Gasteiger charge is -2.02. The number of nitrogens with one attached hydrogen (secondary N) is 1. The molecule has 3 nitrogen and oxygen atoms in total. The number of hydrogen-bond acceptors (Lipinski definition) is 2. The van der Waals surface area contributed by atoms with Crippen molar-refractivity contribution in [2.24, 2.45) is 0 Å². The van der Waals surface area contributed by atoms with Crippen molar-refractivity contribution in [2.75, 3.05) is 7.05 Å². The first kappa shape index (κ1) is 13.4. The van der Waals surface area contributed by atoms with Crippen molar-refractivity contribution in [3.63, 3.8) is 0 Å². The minimum atomic E-state index is -0.0147. The van der Waals surface area contributed by atoms with Gasteiger partial charge in [0.1, 0.15) is 0 Å². The van der Waals surface area contributed by atoms with Crippen molar-refractivity contribution in [3.05, 3.63) is 35.4 Å². The van der Waals surface area contributed by atoms with E-state index in [1.807, 2.05) is 24.3 Å². The van der Waals surface area contributed by atoms with Crippen LogP contribution in [0.3, 0.4) is 0 Å². The van der Waals surface area contributed by atoms with Crippen LogP contribution in [0.4, 0.5) is 0 Å². The Labute approximate surface area is 102 Å². The molecule has 92 valence electrons. The van der Waals surface area contributed by atoms with Gasteiger partial charge < -0.3 is 5.32 Å². The Morgan fingerprint density at radius 3 is 2.29 bits per heavy atom. The monoisotopic (exact) mass is 233 g/mol. The van der Waals surface area contributed by atoms with Gasteiger partial charge in [-0.15, -0.1) is 0 Å². The number of hydrogen-bond donors (Lipinski definition) is 1. The average molecular weight is 233 g/mol. The molecule has 1 rings (SSSR count). The first-order valence-electron chi connectivity index (χ1n) is 6.00. The van der Waals surface area contributed by atoms with E-state index in [1.165, 1.54) is 5.56 Å². The summed E-state index contributed by atoms with van der Waals surface area (Å²) < 4.78 is 0. The second-order valence-corrected chi connectivity index (χ2v) is 4.00. The molecule has 0 fully saturated rings. The Morgan fingerprint density at radius 1 is 1.12 bits per heavy atom. The van der Waals surface area contributed by atoms with E-state index in [0.29, 0.717) is 19.3 Å². The zero-order valence-electron chi connectivity index (χ0n) is 10.5. The van der Waals surface area contributed by atoms with Gasteiger partial charge in [0, 0.05) is 25.5 Å². The molecule has 0 heterocycles. The maximum Gasteiger partial charge on any atom is 0.219 e. The van der Waals surface area contributed by atoms with E-state index in [2.05, 4.69) is 12.2 Å². The van der Waals surface area contributed by atoms with Crippen LogP contribution in [-0.4, -0.2) is 18.7 Å². The van der Waals surface area contributed by atoms with Crippen molar-refractivity contribution in [2.45, 2.75) is 32.6 Å². The van der Waals surface area contributed by atoms with Gasteiger partial charge in [-0.2, -0.15) is 0 Å². The number of aryl methyl sites for hydroxylation is 1. The highest BCUT2D eigenvalue weighted by atomic mass is 16.1. The molecule has 0 atom stereocenters. The van der Waals surface area contributed by atoms with Crippen LogP contribution in [0.15, 0.2) is 24.3 Å². The summed E-state index contributed by atoms with van der Waals surface area (Å²) in [7, 11) is 1.60. The van der Waals surface area contributed by atoms with Crippen molar-refractivity contribution >= 4 is 11.7 Å². The summed E-state index contributed by atoms with van der Waals surface area (Å²) in [4.78, 5) is 22.8. The van der Waals surface area contributed by atoms with Crippen molar-refractivity contribution in [1.29, 1.82) is 0 Å². The third-order valence-electron chi connectivity index (χ3n) is 2.77. The lowest BCUT2D eigenvalue weighted by atomic mass is 10.0. The Hall–Kier alpha value is -1.64. The van der Waals surface area contributed by atoms with Crippen LogP contribution in [0, 0.1) is 0 Å². The molecule has 0 unspecified atom stereocenters. The van der Waals surface area contributed by atoms with Gasteiger partial charge in [-0.1, -0.05) is 31.2 Å². The molecule has 0 radical (unpaired) electrons. The Bertz CT molecular complexity index is 382. The molecule has 0 saturated heterocycles. The van der Waals surface area contributed by atoms with Crippen molar-refractivity contribution < 1.29 is 9.59 Å². The summed E-state index contributed by atoms with van der Waals surface area (Å²) >= 11 is 0. The fourth-order valence-corrected chi connectivity index (χ4v) is 1.61. The third-order valence-corrected chi connectivity index (χ3v) is 2.77. The zero-order valence-corrected chi connectivity index (χ0v) is 10.5. The van der Waals surface area contributed by atoms with Crippen molar-refractivity contribution in [3.8, 4) is 0 Å². The molecule has 0 aromatic heterocycles. The fourth-order valence-electron chi connectivity index (χ4n) is 1.61. The van der Waals surface area contributed by atoms with E-state index in [4.69, 9.17) is 0 Å². The Morgan fingerprint density at radius 2 is 1.76 bits per heavy atom. The lowest BCUT2D eigenvalue weighted by molar-refractivity contribution is -0.120. The number of rotatable bonds is 6. The summed E-state index contributed by atoms with van der Waals surface area (Å²) in [6.07, 6.45) is 2.42. The first-order valence-corrected chi connectivity index (χ1v) is 6.00. The standard InChI is InChI=1S/C14H19NO2/c1-3-11-7-9-12(10-8-11)13(16)5-4-6-14(17)15-2/h7-10H,3-6H2,1-2H3,(H,15,17). The van der Waals surface area contributed by atoms with E-state index < -0.39 is 0 Å². The molecule has 0 saturated carbocycles. The molecule has 17 heavy (non-hydrogen) atoms. The van der Waals surface area contributed by atoms with Crippen molar-refractivity contribution in [1.82, 2.24) is 5.32 Å². The van der Waals surface area contributed by atoms with Crippen LogP contribution in [0.1, 0.15) is 42.1 Å². The average Bonchev–Trinajstić information content (AvgIpc) is 2.38. The van der Waals surface area contributed by atoms with Crippen LogP contribution < -0.4 is 5.32 Å². The highest BCUT2D eigenvalue weighted by Gasteiger charge is 2.06.